The van der Waals surface area contributed by atoms with Gasteiger partial charge in [0.05, 0.1) is 6.61 Å². The Morgan fingerprint density at radius 2 is 1.85 bits per heavy atom. The number of alkyl carbamates (subject to hydrolysis) is 1. The molecule has 7 heteroatoms. The molecule has 120 valence electrons. The second-order valence-corrected chi connectivity index (χ2v) is 5.28. The molecule has 0 aliphatic rings. The van der Waals surface area contributed by atoms with Crippen LogP contribution in [0.1, 0.15) is 47.0 Å². The van der Waals surface area contributed by atoms with Crippen molar-refractivity contribution in [2.45, 2.75) is 58.6 Å². The molecule has 0 radical (unpaired) electrons. The summed E-state index contributed by atoms with van der Waals surface area (Å²) in [6.07, 6.45) is 1.61. The SMILES string of the molecule is CCOC(=O)C(N)CCCCNC(=O)OC(C)(C)C.Cl. The quantitative estimate of drug-likeness (QED) is 0.554. The second-order valence-electron chi connectivity index (χ2n) is 5.28. The Morgan fingerprint density at radius 1 is 1.25 bits per heavy atom. The molecule has 1 unspecified atom stereocenters. The van der Waals surface area contributed by atoms with Crippen molar-refractivity contribution in [3.05, 3.63) is 0 Å². The molecule has 0 bridgehead atoms. The molecular weight excluding hydrogens is 284 g/mol. The van der Waals surface area contributed by atoms with Gasteiger partial charge in [0.2, 0.25) is 0 Å². The van der Waals surface area contributed by atoms with Crippen LogP contribution in [0.3, 0.4) is 0 Å². The van der Waals surface area contributed by atoms with Crippen LogP contribution in [0.5, 0.6) is 0 Å². The first kappa shape index (κ1) is 21.3. The Morgan fingerprint density at radius 3 is 2.35 bits per heavy atom. The van der Waals surface area contributed by atoms with Crippen LogP contribution in [-0.4, -0.2) is 36.9 Å². The number of hydrogen-bond donors (Lipinski definition) is 2. The predicted molar refractivity (Wildman–Crippen MR) is 79.9 cm³/mol. The Kier molecular flexibility index (Phi) is 11.4. The number of hydrogen-bond acceptors (Lipinski definition) is 5. The minimum Gasteiger partial charge on any atom is -0.465 e. The van der Waals surface area contributed by atoms with Crippen molar-refractivity contribution in [1.82, 2.24) is 5.32 Å². The number of carbonyl (C=O) groups is 2. The fourth-order valence-electron chi connectivity index (χ4n) is 1.36. The third-order valence-electron chi connectivity index (χ3n) is 2.20. The summed E-state index contributed by atoms with van der Waals surface area (Å²) in [7, 11) is 0. The first-order valence-electron chi connectivity index (χ1n) is 6.65. The van der Waals surface area contributed by atoms with E-state index < -0.39 is 17.7 Å². The zero-order valence-corrected chi connectivity index (χ0v) is 13.5. The molecule has 0 aromatic carbocycles. The molecule has 6 nitrogen and oxygen atoms in total. The molecule has 0 fully saturated rings. The van der Waals surface area contributed by atoms with Gasteiger partial charge >= 0.3 is 12.1 Å². The van der Waals surface area contributed by atoms with Crippen LogP contribution >= 0.6 is 12.4 Å². The van der Waals surface area contributed by atoms with Gasteiger partial charge < -0.3 is 20.5 Å². The molecule has 1 atom stereocenters. The van der Waals surface area contributed by atoms with E-state index in [2.05, 4.69) is 5.32 Å². The highest BCUT2D eigenvalue weighted by Gasteiger charge is 2.16. The maximum absolute atomic E-state index is 11.3. The number of carbonyl (C=O) groups excluding carboxylic acids is 2. The van der Waals surface area contributed by atoms with E-state index in [1.165, 1.54) is 0 Å². The van der Waals surface area contributed by atoms with Crippen LogP contribution in [0.4, 0.5) is 4.79 Å². The lowest BCUT2D eigenvalue weighted by Crippen LogP contribution is -2.34. The van der Waals surface area contributed by atoms with E-state index in [0.29, 0.717) is 19.6 Å². The van der Waals surface area contributed by atoms with Crippen molar-refractivity contribution in [3.63, 3.8) is 0 Å². The summed E-state index contributed by atoms with van der Waals surface area (Å²) < 4.78 is 9.89. The van der Waals surface area contributed by atoms with Crippen molar-refractivity contribution in [2.24, 2.45) is 5.73 Å². The van der Waals surface area contributed by atoms with Gasteiger partial charge in [-0.05, 0) is 47.0 Å². The zero-order chi connectivity index (χ0) is 14.9. The average Bonchev–Trinajstić information content (AvgIpc) is 2.26. The Hall–Kier alpha value is -1.01. The molecule has 0 saturated heterocycles. The molecule has 20 heavy (non-hydrogen) atoms. The number of halogens is 1. The Labute approximate surface area is 127 Å². The van der Waals surface area contributed by atoms with Crippen molar-refractivity contribution in [2.75, 3.05) is 13.2 Å². The third-order valence-corrected chi connectivity index (χ3v) is 2.20. The summed E-state index contributed by atoms with van der Waals surface area (Å²) in [5.41, 5.74) is 5.15. The van der Waals surface area contributed by atoms with Crippen LogP contribution < -0.4 is 11.1 Å². The molecule has 0 heterocycles. The molecule has 0 aromatic rings. The fraction of sp³-hybridized carbons (Fsp3) is 0.846. The summed E-state index contributed by atoms with van der Waals surface area (Å²) in [5.74, 6) is -0.373. The second kappa shape index (κ2) is 10.7. The van der Waals surface area contributed by atoms with E-state index in [4.69, 9.17) is 15.2 Å². The normalized spacial score (nSPS) is 12.1. The minimum absolute atomic E-state index is 0. The van der Waals surface area contributed by atoms with Crippen molar-refractivity contribution >= 4 is 24.5 Å². The topological polar surface area (TPSA) is 90.6 Å². The van der Waals surface area contributed by atoms with E-state index in [1.54, 1.807) is 6.92 Å². The van der Waals surface area contributed by atoms with Gasteiger partial charge in [0.15, 0.2) is 0 Å². The van der Waals surface area contributed by atoms with E-state index in [9.17, 15) is 9.59 Å². The standard InChI is InChI=1S/C13H26N2O4.ClH/c1-5-18-11(16)10(14)8-6-7-9-15-12(17)19-13(2,3)4;/h10H,5-9,14H2,1-4H3,(H,15,17);1H. The van der Waals surface area contributed by atoms with Gasteiger partial charge in [-0.3, -0.25) is 4.79 Å². The number of unbranched alkanes of at least 4 members (excludes halogenated alkanes) is 1. The number of amides is 1. The minimum atomic E-state index is -0.582. The first-order valence-corrected chi connectivity index (χ1v) is 6.65. The van der Waals surface area contributed by atoms with Gasteiger partial charge in [-0.15, -0.1) is 12.4 Å². The number of esters is 1. The summed E-state index contributed by atoms with van der Waals surface area (Å²) >= 11 is 0. The fourth-order valence-corrected chi connectivity index (χ4v) is 1.36. The maximum atomic E-state index is 11.3. The molecule has 0 saturated carbocycles. The van der Waals surface area contributed by atoms with Gasteiger partial charge in [-0.1, -0.05) is 0 Å². The van der Waals surface area contributed by atoms with Gasteiger partial charge in [0, 0.05) is 6.54 Å². The highest BCUT2D eigenvalue weighted by molar-refractivity contribution is 5.85. The van der Waals surface area contributed by atoms with Gasteiger partial charge in [0.25, 0.3) is 0 Å². The van der Waals surface area contributed by atoms with Crippen LogP contribution in [0.25, 0.3) is 0 Å². The molecule has 3 N–H and O–H groups in total. The third kappa shape index (κ3) is 12.0. The van der Waals surface area contributed by atoms with Gasteiger partial charge in [0.1, 0.15) is 11.6 Å². The molecule has 0 aliphatic carbocycles. The van der Waals surface area contributed by atoms with Crippen LogP contribution in [0, 0.1) is 0 Å². The lowest BCUT2D eigenvalue weighted by Gasteiger charge is -2.19. The molecule has 1 amide bonds. The summed E-state index contributed by atoms with van der Waals surface area (Å²) in [6.45, 7) is 8.02. The molecule has 0 spiro atoms. The smallest absolute Gasteiger partial charge is 0.407 e. The number of rotatable bonds is 7. The monoisotopic (exact) mass is 310 g/mol. The predicted octanol–water partition coefficient (Wildman–Crippen LogP) is 1.99. The lowest BCUT2D eigenvalue weighted by molar-refractivity contribution is -0.144. The van der Waals surface area contributed by atoms with Gasteiger partial charge in [-0.2, -0.15) is 0 Å². The lowest BCUT2D eigenvalue weighted by atomic mass is 10.1. The number of ether oxygens (including phenoxy) is 2. The van der Waals surface area contributed by atoms with Crippen molar-refractivity contribution < 1.29 is 19.1 Å². The Bertz CT molecular complexity index is 293. The Balaban J connectivity index is 0. The van der Waals surface area contributed by atoms with E-state index in [0.717, 1.165) is 12.8 Å². The maximum Gasteiger partial charge on any atom is 0.407 e. The highest BCUT2D eigenvalue weighted by atomic mass is 35.5. The first-order chi connectivity index (χ1) is 8.76. The molecular formula is C13H27ClN2O4. The van der Waals surface area contributed by atoms with Crippen LogP contribution in [0.15, 0.2) is 0 Å². The number of nitrogens with one attached hydrogen (secondary N) is 1. The summed E-state index contributed by atoms with van der Waals surface area (Å²) in [5, 5.41) is 2.65. The highest BCUT2D eigenvalue weighted by Crippen LogP contribution is 2.06. The van der Waals surface area contributed by atoms with E-state index >= 15 is 0 Å². The van der Waals surface area contributed by atoms with Crippen molar-refractivity contribution in [1.29, 1.82) is 0 Å². The van der Waals surface area contributed by atoms with E-state index in [1.807, 2.05) is 20.8 Å². The molecule has 0 rings (SSSR count). The van der Waals surface area contributed by atoms with Crippen molar-refractivity contribution in [3.8, 4) is 0 Å². The largest absolute Gasteiger partial charge is 0.465 e. The molecule has 0 aromatic heterocycles. The number of nitrogens with two attached hydrogens (primary N) is 1. The molecule has 0 aliphatic heterocycles. The van der Waals surface area contributed by atoms with Gasteiger partial charge in [-0.25, -0.2) is 4.79 Å². The van der Waals surface area contributed by atoms with Crippen LogP contribution in [0.2, 0.25) is 0 Å². The summed E-state index contributed by atoms with van der Waals surface area (Å²) in [4.78, 5) is 22.6. The summed E-state index contributed by atoms with van der Waals surface area (Å²) in [6, 6.07) is -0.582. The zero-order valence-electron chi connectivity index (χ0n) is 12.7. The average molecular weight is 311 g/mol. The van der Waals surface area contributed by atoms with Crippen LogP contribution in [-0.2, 0) is 14.3 Å². The van der Waals surface area contributed by atoms with E-state index in [-0.39, 0.29) is 18.4 Å².